The summed E-state index contributed by atoms with van der Waals surface area (Å²) in [5, 5.41) is 9.93. The van der Waals surface area contributed by atoms with Crippen LogP contribution in [0.5, 0.6) is 0 Å². The molecule has 2 heterocycles. The van der Waals surface area contributed by atoms with Crippen LogP contribution in [0.15, 0.2) is 71.8 Å². The molecule has 1 fully saturated rings. The normalized spacial score (nSPS) is 14.0. The number of nitrogens with one attached hydrogen (secondary N) is 2. The van der Waals surface area contributed by atoms with Gasteiger partial charge in [0.1, 0.15) is 0 Å². The molecule has 1 aliphatic heterocycles. The molecule has 3 aromatic carbocycles. The highest BCUT2D eigenvalue weighted by Crippen LogP contribution is 2.26. The van der Waals surface area contributed by atoms with Gasteiger partial charge in [-0.3, -0.25) is 0 Å². The van der Waals surface area contributed by atoms with Crippen molar-refractivity contribution in [3.8, 4) is 0 Å². The predicted octanol–water partition coefficient (Wildman–Crippen LogP) is 4.66. The Morgan fingerprint density at radius 3 is 2.48 bits per heavy atom. The third kappa shape index (κ3) is 5.37. The van der Waals surface area contributed by atoms with Crippen molar-refractivity contribution in [1.82, 2.24) is 15.0 Å². The van der Waals surface area contributed by atoms with Crippen LogP contribution in [0.4, 0.5) is 23.5 Å². The van der Waals surface area contributed by atoms with Crippen LogP contribution in [0.25, 0.3) is 10.8 Å². The van der Waals surface area contributed by atoms with Gasteiger partial charge in [0.2, 0.25) is 17.8 Å². The molecule has 0 spiro atoms. The number of benzene rings is 3. The predicted molar refractivity (Wildman–Crippen MR) is 140 cm³/mol. The van der Waals surface area contributed by atoms with E-state index in [4.69, 9.17) is 4.74 Å². The van der Waals surface area contributed by atoms with Gasteiger partial charge in [-0.25, -0.2) is 5.43 Å². The monoisotopic (exact) mass is 551 g/mol. The molecule has 2 N–H and O–H groups in total. The molecule has 0 amide bonds. The molecule has 1 aromatic heterocycles. The highest BCUT2D eigenvalue weighted by atomic mass is 127. The van der Waals surface area contributed by atoms with Crippen LogP contribution in [0.2, 0.25) is 0 Å². The fourth-order valence-electron chi connectivity index (χ4n) is 3.54. The standard InChI is InChI=1S/C24H22IN7O/c25-19-10-8-17(9-11-19)16-26-31-23-28-22(29-24(30-23)32-12-14-33-15-13-32)27-21-7-3-5-18-4-1-2-6-20(18)21/h1-11,16H,12-15H2,(H2,27,28,29,30,31)/b26-16+. The van der Waals surface area contributed by atoms with Gasteiger partial charge in [0, 0.05) is 27.7 Å². The van der Waals surface area contributed by atoms with Crippen LogP contribution in [0.3, 0.4) is 0 Å². The van der Waals surface area contributed by atoms with Gasteiger partial charge >= 0.3 is 0 Å². The van der Waals surface area contributed by atoms with E-state index >= 15 is 0 Å². The van der Waals surface area contributed by atoms with Crippen LogP contribution in [-0.2, 0) is 4.74 Å². The summed E-state index contributed by atoms with van der Waals surface area (Å²) in [7, 11) is 0. The van der Waals surface area contributed by atoms with Gasteiger partial charge in [0.05, 0.1) is 19.4 Å². The first-order valence-corrected chi connectivity index (χ1v) is 11.7. The number of halogens is 1. The zero-order valence-corrected chi connectivity index (χ0v) is 19.9. The topological polar surface area (TPSA) is 87.6 Å². The Bertz CT molecular complexity index is 1270. The summed E-state index contributed by atoms with van der Waals surface area (Å²) >= 11 is 2.28. The number of hydrogen-bond acceptors (Lipinski definition) is 8. The van der Waals surface area contributed by atoms with E-state index in [1.807, 2.05) is 48.5 Å². The molecule has 8 nitrogen and oxygen atoms in total. The van der Waals surface area contributed by atoms with Crippen molar-refractivity contribution in [2.75, 3.05) is 41.9 Å². The van der Waals surface area contributed by atoms with E-state index in [-0.39, 0.29) is 0 Å². The van der Waals surface area contributed by atoms with Gasteiger partial charge in [-0.1, -0.05) is 48.5 Å². The maximum absolute atomic E-state index is 5.48. The summed E-state index contributed by atoms with van der Waals surface area (Å²) < 4.78 is 6.66. The summed E-state index contributed by atoms with van der Waals surface area (Å²) in [6, 6.07) is 22.4. The van der Waals surface area contributed by atoms with Crippen molar-refractivity contribution in [3.05, 3.63) is 75.9 Å². The van der Waals surface area contributed by atoms with Crippen molar-refractivity contribution in [2.45, 2.75) is 0 Å². The largest absolute Gasteiger partial charge is 0.378 e. The molecule has 0 saturated carbocycles. The fraction of sp³-hybridized carbons (Fsp3) is 0.167. The maximum atomic E-state index is 5.48. The van der Waals surface area contributed by atoms with Gasteiger partial charge < -0.3 is 15.0 Å². The highest BCUT2D eigenvalue weighted by Gasteiger charge is 2.17. The lowest BCUT2D eigenvalue weighted by Crippen LogP contribution is -2.37. The quantitative estimate of drug-likeness (QED) is 0.205. The lowest BCUT2D eigenvalue weighted by molar-refractivity contribution is 0.122. The molecule has 1 saturated heterocycles. The summed E-state index contributed by atoms with van der Waals surface area (Å²) in [5.74, 6) is 1.41. The lowest BCUT2D eigenvalue weighted by Gasteiger charge is -2.27. The van der Waals surface area contributed by atoms with E-state index in [9.17, 15) is 0 Å². The molecule has 0 aliphatic carbocycles. The molecule has 9 heteroatoms. The SMILES string of the molecule is Ic1ccc(/C=N/Nc2nc(Nc3cccc4ccccc34)nc(N3CCOCC3)n2)cc1. The number of anilines is 4. The number of morpholine rings is 1. The van der Waals surface area contributed by atoms with Gasteiger partial charge in [-0.05, 0) is 51.7 Å². The summed E-state index contributed by atoms with van der Waals surface area (Å²) in [5.41, 5.74) is 4.87. The minimum Gasteiger partial charge on any atom is -0.378 e. The Hall–Kier alpha value is -3.31. The number of hydrazone groups is 1. The second-order valence-electron chi connectivity index (χ2n) is 7.46. The van der Waals surface area contributed by atoms with Crippen molar-refractivity contribution >= 4 is 63.1 Å². The third-order valence-corrected chi connectivity index (χ3v) is 5.92. The second kappa shape index (κ2) is 10.1. The van der Waals surface area contributed by atoms with E-state index in [1.165, 1.54) is 3.57 Å². The average Bonchev–Trinajstić information content (AvgIpc) is 2.86. The number of ether oxygens (including phenoxy) is 1. The smallest absolute Gasteiger partial charge is 0.250 e. The maximum Gasteiger partial charge on any atom is 0.250 e. The van der Waals surface area contributed by atoms with Crippen LogP contribution >= 0.6 is 22.6 Å². The van der Waals surface area contributed by atoms with Gasteiger partial charge in [-0.2, -0.15) is 20.1 Å². The highest BCUT2D eigenvalue weighted by molar-refractivity contribution is 14.1. The molecule has 0 radical (unpaired) electrons. The van der Waals surface area contributed by atoms with Crippen molar-refractivity contribution in [2.24, 2.45) is 5.10 Å². The molecular weight excluding hydrogens is 529 g/mol. The van der Waals surface area contributed by atoms with E-state index in [0.29, 0.717) is 31.1 Å². The number of hydrogen-bond donors (Lipinski definition) is 2. The number of rotatable bonds is 6. The minimum atomic E-state index is 0.371. The summed E-state index contributed by atoms with van der Waals surface area (Å²) in [6.45, 7) is 2.74. The lowest BCUT2D eigenvalue weighted by atomic mass is 10.1. The molecule has 4 aromatic rings. The van der Waals surface area contributed by atoms with Crippen LogP contribution in [0.1, 0.15) is 5.56 Å². The Balaban J connectivity index is 1.44. The first-order valence-electron chi connectivity index (χ1n) is 10.6. The Morgan fingerprint density at radius 1 is 0.879 bits per heavy atom. The molecule has 5 rings (SSSR count). The van der Waals surface area contributed by atoms with E-state index in [1.54, 1.807) is 6.21 Å². The molecular formula is C24H22IN7O. The molecule has 33 heavy (non-hydrogen) atoms. The van der Waals surface area contributed by atoms with Crippen LogP contribution in [0, 0.1) is 3.57 Å². The average molecular weight is 551 g/mol. The first-order chi connectivity index (χ1) is 16.2. The summed E-state index contributed by atoms with van der Waals surface area (Å²) in [6.07, 6.45) is 1.74. The van der Waals surface area contributed by atoms with E-state index in [2.05, 4.69) is 76.5 Å². The number of nitrogens with zero attached hydrogens (tertiary/aromatic N) is 5. The zero-order chi connectivity index (χ0) is 22.5. The Labute approximate surface area is 205 Å². The minimum absolute atomic E-state index is 0.371. The van der Waals surface area contributed by atoms with Crippen molar-refractivity contribution < 1.29 is 4.74 Å². The third-order valence-electron chi connectivity index (χ3n) is 5.20. The molecule has 1 aliphatic rings. The summed E-state index contributed by atoms with van der Waals surface area (Å²) in [4.78, 5) is 15.9. The van der Waals surface area contributed by atoms with Crippen LogP contribution in [-0.4, -0.2) is 47.5 Å². The first kappa shape index (κ1) is 21.5. The van der Waals surface area contributed by atoms with E-state index < -0.39 is 0 Å². The van der Waals surface area contributed by atoms with Gasteiger partial charge in [0.25, 0.3) is 0 Å². The van der Waals surface area contributed by atoms with E-state index in [0.717, 1.165) is 35.1 Å². The fourth-order valence-corrected chi connectivity index (χ4v) is 3.90. The molecule has 0 atom stereocenters. The second-order valence-corrected chi connectivity index (χ2v) is 8.70. The van der Waals surface area contributed by atoms with Crippen molar-refractivity contribution in [1.29, 1.82) is 0 Å². The van der Waals surface area contributed by atoms with Crippen molar-refractivity contribution in [3.63, 3.8) is 0 Å². The number of fused-ring (bicyclic) bond motifs is 1. The zero-order valence-electron chi connectivity index (χ0n) is 17.8. The van der Waals surface area contributed by atoms with Gasteiger partial charge in [-0.15, -0.1) is 0 Å². The molecule has 166 valence electrons. The van der Waals surface area contributed by atoms with Crippen LogP contribution < -0.4 is 15.6 Å². The Morgan fingerprint density at radius 2 is 1.64 bits per heavy atom. The molecule has 0 unspecified atom stereocenters. The Kier molecular flexibility index (Phi) is 6.58. The molecule has 0 bridgehead atoms. The van der Waals surface area contributed by atoms with Gasteiger partial charge in [0.15, 0.2) is 0 Å². The number of aromatic nitrogens is 3.